The van der Waals surface area contributed by atoms with Gasteiger partial charge in [-0.2, -0.15) is 0 Å². The molecule has 4 heteroatoms. The standard InChI is InChI=1S/C11H16N2O2/c1-8(2)7-15-13-11(14)10-4-5-12-9(3)6-10/h4-6,8H,7H2,1-3H3,(H,13,14). The van der Waals surface area contributed by atoms with Gasteiger partial charge in [0.05, 0.1) is 6.61 Å². The average Bonchev–Trinajstić information content (AvgIpc) is 2.17. The van der Waals surface area contributed by atoms with E-state index >= 15 is 0 Å². The van der Waals surface area contributed by atoms with Crippen LogP contribution in [0.4, 0.5) is 0 Å². The second-order valence-corrected chi connectivity index (χ2v) is 3.82. The van der Waals surface area contributed by atoms with Crippen molar-refractivity contribution in [1.29, 1.82) is 0 Å². The van der Waals surface area contributed by atoms with Crippen molar-refractivity contribution in [2.24, 2.45) is 5.92 Å². The Morgan fingerprint density at radius 3 is 2.93 bits per heavy atom. The lowest BCUT2D eigenvalue weighted by Crippen LogP contribution is -2.25. The van der Waals surface area contributed by atoms with E-state index < -0.39 is 0 Å². The zero-order valence-corrected chi connectivity index (χ0v) is 9.28. The molecule has 1 aromatic rings. The molecule has 0 unspecified atom stereocenters. The molecule has 0 aromatic carbocycles. The van der Waals surface area contributed by atoms with Crippen molar-refractivity contribution in [3.8, 4) is 0 Å². The van der Waals surface area contributed by atoms with Gasteiger partial charge >= 0.3 is 0 Å². The molecule has 15 heavy (non-hydrogen) atoms. The monoisotopic (exact) mass is 208 g/mol. The van der Waals surface area contributed by atoms with Crippen molar-refractivity contribution in [3.63, 3.8) is 0 Å². The second kappa shape index (κ2) is 5.46. The van der Waals surface area contributed by atoms with Gasteiger partial charge in [-0.15, -0.1) is 0 Å². The predicted octanol–water partition coefficient (Wildman–Crippen LogP) is 1.71. The van der Waals surface area contributed by atoms with Crippen molar-refractivity contribution in [3.05, 3.63) is 29.6 Å². The maximum absolute atomic E-state index is 11.5. The number of amides is 1. The SMILES string of the molecule is Cc1cc(C(=O)NOCC(C)C)ccn1. The Morgan fingerprint density at radius 1 is 1.60 bits per heavy atom. The summed E-state index contributed by atoms with van der Waals surface area (Å²) in [5.74, 6) is 0.158. The van der Waals surface area contributed by atoms with Crippen LogP contribution < -0.4 is 5.48 Å². The summed E-state index contributed by atoms with van der Waals surface area (Å²) in [6.45, 7) is 6.38. The Morgan fingerprint density at radius 2 is 2.33 bits per heavy atom. The Bertz CT molecular complexity index is 337. The summed E-state index contributed by atoms with van der Waals surface area (Å²) in [5.41, 5.74) is 3.76. The van der Waals surface area contributed by atoms with Crippen LogP contribution in [0.15, 0.2) is 18.3 Å². The van der Waals surface area contributed by atoms with Gasteiger partial charge in [0.25, 0.3) is 5.91 Å². The summed E-state index contributed by atoms with van der Waals surface area (Å²) in [6.07, 6.45) is 1.60. The summed E-state index contributed by atoms with van der Waals surface area (Å²) in [6, 6.07) is 3.37. The largest absolute Gasteiger partial charge is 0.274 e. The zero-order valence-electron chi connectivity index (χ0n) is 9.28. The molecule has 0 aliphatic rings. The quantitative estimate of drug-likeness (QED) is 0.766. The normalized spacial score (nSPS) is 10.4. The molecule has 82 valence electrons. The maximum atomic E-state index is 11.5. The Balaban J connectivity index is 2.47. The van der Waals surface area contributed by atoms with Crippen LogP contribution in [0.3, 0.4) is 0 Å². The van der Waals surface area contributed by atoms with E-state index in [-0.39, 0.29) is 5.91 Å². The Kier molecular flexibility index (Phi) is 4.24. The number of carbonyl (C=O) groups is 1. The van der Waals surface area contributed by atoms with Crippen molar-refractivity contribution in [2.45, 2.75) is 20.8 Å². The summed E-state index contributed by atoms with van der Waals surface area (Å²) < 4.78 is 0. The molecule has 1 heterocycles. The van der Waals surface area contributed by atoms with Crippen LogP contribution in [0.25, 0.3) is 0 Å². The van der Waals surface area contributed by atoms with Crippen LogP contribution in [0, 0.1) is 12.8 Å². The number of hydrogen-bond donors (Lipinski definition) is 1. The van der Waals surface area contributed by atoms with Gasteiger partial charge in [0.15, 0.2) is 0 Å². The summed E-state index contributed by atoms with van der Waals surface area (Å²) in [5, 5.41) is 0. The first kappa shape index (κ1) is 11.7. The van der Waals surface area contributed by atoms with E-state index in [1.54, 1.807) is 18.3 Å². The molecule has 1 N–H and O–H groups in total. The van der Waals surface area contributed by atoms with Gasteiger partial charge in [-0.25, -0.2) is 5.48 Å². The first-order chi connectivity index (χ1) is 7.09. The molecule has 0 saturated carbocycles. The minimum absolute atomic E-state index is 0.235. The lowest BCUT2D eigenvalue weighted by Gasteiger charge is -2.07. The molecular weight excluding hydrogens is 192 g/mol. The highest BCUT2D eigenvalue weighted by Crippen LogP contribution is 2.00. The van der Waals surface area contributed by atoms with Crippen molar-refractivity contribution >= 4 is 5.91 Å². The van der Waals surface area contributed by atoms with E-state index in [0.29, 0.717) is 18.1 Å². The molecule has 0 saturated heterocycles. The molecule has 0 fully saturated rings. The third kappa shape index (κ3) is 4.08. The molecule has 4 nitrogen and oxygen atoms in total. The number of aromatic nitrogens is 1. The van der Waals surface area contributed by atoms with Crippen LogP contribution in [0.5, 0.6) is 0 Å². The molecule has 1 aromatic heterocycles. The summed E-state index contributed by atoms with van der Waals surface area (Å²) >= 11 is 0. The van der Waals surface area contributed by atoms with E-state index in [0.717, 1.165) is 5.69 Å². The fourth-order valence-electron chi connectivity index (χ4n) is 1.02. The molecule has 0 spiro atoms. The number of aryl methyl sites for hydroxylation is 1. The minimum Gasteiger partial charge on any atom is -0.273 e. The van der Waals surface area contributed by atoms with Gasteiger partial charge in [-0.3, -0.25) is 14.6 Å². The van der Waals surface area contributed by atoms with E-state index in [1.807, 2.05) is 20.8 Å². The zero-order chi connectivity index (χ0) is 11.3. The maximum Gasteiger partial charge on any atom is 0.274 e. The van der Waals surface area contributed by atoms with Gasteiger partial charge in [-0.1, -0.05) is 13.8 Å². The van der Waals surface area contributed by atoms with Gasteiger partial charge in [0.1, 0.15) is 0 Å². The smallest absolute Gasteiger partial charge is 0.273 e. The third-order valence-corrected chi connectivity index (χ3v) is 1.74. The van der Waals surface area contributed by atoms with Crippen molar-refractivity contribution in [2.75, 3.05) is 6.61 Å². The lowest BCUT2D eigenvalue weighted by atomic mass is 10.2. The van der Waals surface area contributed by atoms with E-state index in [4.69, 9.17) is 4.84 Å². The van der Waals surface area contributed by atoms with E-state index in [2.05, 4.69) is 10.5 Å². The van der Waals surface area contributed by atoms with E-state index in [9.17, 15) is 4.79 Å². The highest BCUT2D eigenvalue weighted by atomic mass is 16.6. The Hall–Kier alpha value is -1.42. The molecule has 0 atom stereocenters. The molecule has 0 bridgehead atoms. The van der Waals surface area contributed by atoms with Crippen LogP contribution in [0.1, 0.15) is 29.9 Å². The number of pyridine rings is 1. The third-order valence-electron chi connectivity index (χ3n) is 1.74. The Labute approximate surface area is 89.6 Å². The number of hydrogen-bond acceptors (Lipinski definition) is 3. The van der Waals surface area contributed by atoms with Gasteiger partial charge in [-0.05, 0) is 25.0 Å². The van der Waals surface area contributed by atoms with Gasteiger partial charge in [0.2, 0.25) is 0 Å². The molecule has 0 aliphatic carbocycles. The number of nitrogens with zero attached hydrogens (tertiary/aromatic N) is 1. The summed E-state index contributed by atoms with van der Waals surface area (Å²) in [7, 11) is 0. The van der Waals surface area contributed by atoms with Crippen LogP contribution >= 0.6 is 0 Å². The number of carbonyl (C=O) groups excluding carboxylic acids is 1. The number of rotatable bonds is 4. The number of hydroxylamine groups is 1. The first-order valence-corrected chi connectivity index (χ1v) is 4.94. The minimum atomic E-state index is -0.235. The van der Waals surface area contributed by atoms with Crippen LogP contribution in [-0.2, 0) is 4.84 Å². The van der Waals surface area contributed by atoms with Crippen LogP contribution in [0.2, 0.25) is 0 Å². The second-order valence-electron chi connectivity index (χ2n) is 3.82. The van der Waals surface area contributed by atoms with Crippen LogP contribution in [-0.4, -0.2) is 17.5 Å². The highest BCUT2D eigenvalue weighted by molar-refractivity contribution is 5.93. The lowest BCUT2D eigenvalue weighted by molar-refractivity contribution is 0.0208. The topological polar surface area (TPSA) is 51.2 Å². The molecular formula is C11H16N2O2. The van der Waals surface area contributed by atoms with Crippen molar-refractivity contribution < 1.29 is 9.63 Å². The fraction of sp³-hybridized carbons (Fsp3) is 0.455. The average molecular weight is 208 g/mol. The van der Waals surface area contributed by atoms with Gasteiger partial charge in [0, 0.05) is 17.5 Å². The molecule has 1 rings (SSSR count). The molecule has 0 aliphatic heterocycles. The highest BCUT2D eigenvalue weighted by Gasteiger charge is 2.05. The van der Waals surface area contributed by atoms with Crippen molar-refractivity contribution in [1.82, 2.24) is 10.5 Å². The molecule has 0 radical (unpaired) electrons. The van der Waals surface area contributed by atoms with E-state index in [1.165, 1.54) is 0 Å². The predicted molar refractivity (Wildman–Crippen MR) is 57.2 cm³/mol. The first-order valence-electron chi connectivity index (χ1n) is 4.94. The molecule has 1 amide bonds. The number of nitrogens with one attached hydrogen (secondary N) is 1. The fourth-order valence-corrected chi connectivity index (χ4v) is 1.02. The summed E-state index contributed by atoms with van der Waals surface area (Å²) in [4.78, 5) is 20.6. The van der Waals surface area contributed by atoms with Gasteiger partial charge < -0.3 is 0 Å².